The van der Waals surface area contributed by atoms with Gasteiger partial charge in [0.15, 0.2) is 24.0 Å². The summed E-state index contributed by atoms with van der Waals surface area (Å²) in [6.07, 6.45) is -3.73. The van der Waals surface area contributed by atoms with Gasteiger partial charge in [0.2, 0.25) is 5.91 Å². The summed E-state index contributed by atoms with van der Waals surface area (Å²) < 4.78 is 29.5. The van der Waals surface area contributed by atoms with Gasteiger partial charge in [-0.05, 0) is 46.8 Å². The average molecular weight is 436 g/mol. The second kappa shape index (κ2) is 7.72. The number of para-hydroxylation sites is 2. The van der Waals surface area contributed by atoms with Crippen LogP contribution in [0.5, 0.6) is 5.75 Å². The highest BCUT2D eigenvalue weighted by atomic mass is 16.9. The standard InChI is InChI=1S/C21H28N2O8/c1-10(17(25)23-11-8-6-7-9-12(11)24)22-18(26)15-13-14(29-20(2,3)28-13)16-19(27-15)31-21(4,5)30-16/h6-10,13-16,19,24H,1-5H3,(H,22,26)(H,23,25)/t10-,13-,14-,15-,16-,19+/m0/s1. The third-order valence-electron chi connectivity index (χ3n) is 5.33. The second-order valence-electron chi connectivity index (χ2n) is 8.83. The number of rotatable bonds is 4. The summed E-state index contributed by atoms with van der Waals surface area (Å²) in [6.45, 7) is 8.54. The fourth-order valence-electron chi connectivity index (χ4n) is 4.00. The SMILES string of the molecule is C[C@H](NC(=O)[C@H]1O[C@@H]2OC(C)(C)O[C@H]2[C@H]2OC(C)(C)O[C@@H]21)C(=O)Nc1ccccc1O. The maximum atomic E-state index is 13.0. The van der Waals surface area contributed by atoms with Gasteiger partial charge in [-0.2, -0.15) is 0 Å². The molecule has 1 aromatic rings. The molecule has 31 heavy (non-hydrogen) atoms. The van der Waals surface area contributed by atoms with Gasteiger partial charge in [0.1, 0.15) is 30.1 Å². The van der Waals surface area contributed by atoms with Crippen molar-refractivity contribution < 1.29 is 38.4 Å². The van der Waals surface area contributed by atoms with Crippen LogP contribution in [0, 0.1) is 0 Å². The minimum atomic E-state index is -1.06. The number of carbonyl (C=O) groups excluding carboxylic acids is 2. The van der Waals surface area contributed by atoms with Crippen molar-refractivity contribution in [2.75, 3.05) is 5.32 Å². The zero-order valence-corrected chi connectivity index (χ0v) is 18.1. The number of amides is 2. The molecular formula is C21H28N2O8. The van der Waals surface area contributed by atoms with E-state index in [0.717, 1.165) is 0 Å². The molecule has 4 rings (SSSR count). The van der Waals surface area contributed by atoms with Crippen molar-refractivity contribution in [3.63, 3.8) is 0 Å². The summed E-state index contributed by atoms with van der Waals surface area (Å²) in [7, 11) is 0. The van der Waals surface area contributed by atoms with Crippen molar-refractivity contribution in [1.82, 2.24) is 5.32 Å². The highest BCUT2D eigenvalue weighted by Crippen LogP contribution is 2.44. The lowest BCUT2D eigenvalue weighted by Gasteiger charge is -2.36. The number of fused-ring (bicyclic) bond motifs is 3. The number of hydrogen-bond donors (Lipinski definition) is 3. The van der Waals surface area contributed by atoms with Gasteiger partial charge in [-0.1, -0.05) is 12.1 Å². The van der Waals surface area contributed by atoms with Crippen LogP contribution in [-0.2, 0) is 33.3 Å². The average Bonchev–Trinajstić information content (AvgIpc) is 3.16. The number of anilines is 1. The van der Waals surface area contributed by atoms with Gasteiger partial charge >= 0.3 is 0 Å². The molecule has 3 saturated heterocycles. The van der Waals surface area contributed by atoms with E-state index in [1.807, 2.05) is 0 Å². The molecule has 1 aromatic carbocycles. The first-order valence-electron chi connectivity index (χ1n) is 10.2. The zero-order valence-electron chi connectivity index (χ0n) is 18.1. The highest BCUT2D eigenvalue weighted by molar-refractivity contribution is 5.98. The topological polar surface area (TPSA) is 125 Å². The molecule has 0 aromatic heterocycles. The summed E-state index contributed by atoms with van der Waals surface area (Å²) in [5, 5.41) is 15.1. The fourth-order valence-corrected chi connectivity index (χ4v) is 4.00. The Bertz CT molecular complexity index is 873. The smallest absolute Gasteiger partial charge is 0.252 e. The molecule has 3 N–H and O–H groups in total. The van der Waals surface area contributed by atoms with Crippen LogP contribution in [-0.4, -0.2) is 65.2 Å². The number of ether oxygens (including phenoxy) is 5. The van der Waals surface area contributed by atoms with E-state index in [2.05, 4.69) is 10.6 Å². The van der Waals surface area contributed by atoms with Crippen molar-refractivity contribution in [1.29, 1.82) is 0 Å². The van der Waals surface area contributed by atoms with Crippen LogP contribution in [0.3, 0.4) is 0 Å². The minimum Gasteiger partial charge on any atom is -0.506 e. The molecule has 3 aliphatic heterocycles. The van der Waals surface area contributed by atoms with Gasteiger partial charge in [0.05, 0.1) is 5.69 Å². The Labute approximate surface area is 180 Å². The Hall–Kier alpha value is -2.24. The molecule has 3 fully saturated rings. The van der Waals surface area contributed by atoms with Crippen LogP contribution in [0.1, 0.15) is 34.6 Å². The van der Waals surface area contributed by atoms with Crippen LogP contribution in [0.4, 0.5) is 5.69 Å². The number of aromatic hydroxyl groups is 1. The first-order chi connectivity index (χ1) is 14.5. The maximum Gasteiger partial charge on any atom is 0.252 e. The van der Waals surface area contributed by atoms with Crippen molar-refractivity contribution in [3.05, 3.63) is 24.3 Å². The number of phenolic OH excluding ortho intramolecular Hbond substituents is 1. The molecule has 0 bridgehead atoms. The molecule has 2 amide bonds. The molecule has 0 aliphatic carbocycles. The second-order valence-corrected chi connectivity index (χ2v) is 8.83. The summed E-state index contributed by atoms with van der Waals surface area (Å²) in [6, 6.07) is 5.42. The van der Waals surface area contributed by atoms with Crippen LogP contribution >= 0.6 is 0 Å². The van der Waals surface area contributed by atoms with E-state index >= 15 is 0 Å². The van der Waals surface area contributed by atoms with Crippen LogP contribution in [0.25, 0.3) is 0 Å². The van der Waals surface area contributed by atoms with E-state index in [1.165, 1.54) is 13.0 Å². The summed E-state index contributed by atoms with van der Waals surface area (Å²) >= 11 is 0. The van der Waals surface area contributed by atoms with Crippen molar-refractivity contribution in [2.45, 2.75) is 82.9 Å². The monoisotopic (exact) mass is 436 g/mol. The highest BCUT2D eigenvalue weighted by Gasteiger charge is 2.62. The van der Waals surface area contributed by atoms with Gasteiger partial charge < -0.3 is 39.4 Å². The van der Waals surface area contributed by atoms with E-state index < -0.39 is 60.1 Å². The third-order valence-corrected chi connectivity index (χ3v) is 5.33. The van der Waals surface area contributed by atoms with E-state index in [0.29, 0.717) is 0 Å². The number of carbonyl (C=O) groups is 2. The lowest BCUT2D eigenvalue weighted by molar-refractivity contribution is -0.231. The Kier molecular flexibility index (Phi) is 5.47. The third kappa shape index (κ3) is 4.39. The number of nitrogens with one attached hydrogen (secondary N) is 2. The van der Waals surface area contributed by atoms with E-state index in [1.54, 1.807) is 45.9 Å². The van der Waals surface area contributed by atoms with Crippen LogP contribution < -0.4 is 10.6 Å². The molecule has 10 nitrogen and oxygen atoms in total. The molecule has 3 aliphatic rings. The molecule has 0 radical (unpaired) electrons. The van der Waals surface area contributed by atoms with E-state index in [9.17, 15) is 14.7 Å². The van der Waals surface area contributed by atoms with Gasteiger partial charge in [0, 0.05) is 0 Å². The molecular weight excluding hydrogens is 408 g/mol. The Balaban J connectivity index is 1.46. The molecule has 0 spiro atoms. The first-order valence-corrected chi connectivity index (χ1v) is 10.2. The summed E-state index contributed by atoms with van der Waals surface area (Å²) in [4.78, 5) is 25.5. The zero-order chi connectivity index (χ0) is 22.6. The van der Waals surface area contributed by atoms with Crippen molar-refractivity contribution >= 4 is 17.5 Å². The maximum absolute atomic E-state index is 13.0. The number of hydrogen-bond acceptors (Lipinski definition) is 8. The van der Waals surface area contributed by atoms with Gasteiger partial charge in [-0.15, -0.1) is 0 Å². The van der Waals surface area contributed by atoms with E-state index in [4.69, 9.17) is 23.7 Å². The fraction of sp³-hybridized carbons (Fsp3) is 0.619. The van der Waals surface area contributed by atoms with Crippen LogP contribution in [0.2, 0.25) is 0 Å². The minimum absolute atomic E-state index is 0.0707. The summed E-state index contributed by atoms with van der Waals surface area (Å²) in [5.74, 6) is -2.94. The van der Waals surface area contributed by atoms with Crippen LogP contribution in [0.15, 0.2) is 24.3 Å². The quantitative estimate of drug-likeness (QED) is 0.602. The molecule has 170 valence electrons. The molecule has 3 heterocycles. The Morgan fingerprint density at radius 3 is 2.29 bits per heavy atom. The molecule has 10 heteroatoms. The predicted octanol–water partition coefficient (Wildman–Crippen LogP) is 1.23. The normalized spacial score (nSPS) is 33.8. The lowest BCUT2D eigenvalue weighted by atomic mass is 9.98. The molecule has 6 atom stereocenters. The number of phenols is 1. The van der Waals surface area contributed by atoms with Crippen molar-refractivity contribution in [3.8, 4) is 5.75 Å². The lowest BCUT2D eigenvalue weighted by Crippen LogP contribution is -2.60. The van der Waals surface area contributed by atoms with Gasteiger partial charge in [-0.25, -0.2) is 0 Å². The van der Waals surface area contributed by atoms with E-state index in [-0.39, 0.29) is 11.4 Å². The predicted molar refractivity (Wildman–Crippen MR) is 107 cm³/mol. The molecule has 0 saturated carbocycles. The van der Waals surface area contributed by atoms with Crippen molar-refractivity contribution in [2.24, 2.45) is 0 Å². The molecule has 0 unspecified atom stereocenters. The Morgan fingerprint density at radius 2 is 1.58 bits per heavy atom. The summed E-state index contributed by atoms with van der Waals surface area (Å²) in [5.41, 5.74) is 0.249. The number of benzene rings is 1. The van der Waals surface area contributed by atoms with Gasteiger partial charge in [-0.3, -0.25) is 9.59 Å². The van der Waals surface area contributed by atoms with Gasteiger partial charge in [0.25, 0.3) is 5.91 Å². The largest absolute Gasteiger partial charge is 0.506 e. The Morgan fingerprint density at radius 1 is 0.968 bits per heavy atom. The first kappa shape index (κ1) is 22.0.